The molecule has 0 saturated carbocycles. The molecular formula is C6H9N5O. The zero-order valence-electron chi connectivity index (χ0n) is 6.64. The number of aromatic nitrogens is 4. The quantitative estimate of drug-likeness (QED) is 0.658. The van der Waals surface area contributed by atoms with Crippen LogP contribution in [0.25, 0.3) is 5.52 Å². The maximum atomic E-state index is 5.54. The summed E-state index contributed by atoms with van der Waals surface area (Å²) in [5, 5.41) is 3.94. The first-order valence-corrected chi connectivity index (χ1v) is 3.63. The van der Waals surface area contributed by atoms with Crippen LogP contribution in [0.3, 0.4) is 0 Å². The second-order valence-corrected chi connectivity index (χ2v) is 2.27. The number of anilines is 1. The third-order valence-electron chi connectivity index (χ3n) is 1.52. The van der Waals surface area contributed by atoms with Gasteiger partial charge < -0.3 is 10.6 Å². The first-order chi connectivity index (χ1) is 5.83. The molecule has 2 heterocycles. The highest BCUT2D eigenvalue weighted by Crippen LogP contribution is 2.08. The Hall–Kier alpha value is -1.72. The molecule has 0 aliphatic rings. The Labute approximate surface area is 68.5 Å². The van der Waals surface area contributed by atoms with E-state index in [2.05, 4.69) is 10.1 Å². The van der Waals surface area contributed by atoms with Gasteiger partial charge >= 0.3 is 0 Å². The van der Waals surface area contributed by atoms with Gasteiger partial charge in [-0.05, 0) is 11.9 Å². The lowest BCUT2D eigenvalue weighted by atomic mass is 10.6. The molecule has 6 nitrogen and oxygen atoms in total. The number of rotatable bonds is 2. The maximum Gasteiger partial charge on any atom is 0.153 e. The smallest absolute Gasteiger partial charge is 0.153 e. The molecule has 0 radical (unpaired) electrons. The largest absolute Gasteiger partial charge is 0.383 e. The number of nitrogen functional groups attached to an aromatic ring is 1. The minimum absolute atomic E-state index is 0.459. The van der Waals surface area contributed by atoms with Crippen molar-refractivity contribution in [3.05, 3.63) is 12.5 Å². The van der Waals surface area contributed by atoms with Crippen molar-refractivity contribution in [3.8, 4) is 0 Å². The molecule has 0 aliphatic carbocycles. The first-order valence-electron chi connectivity index (χ1n) is 3.63. The average molecular weight is 167 g/mol. The molecule has 0 unspecified atom stereocenters. The molecule has 64 valence electrons. The van der Waals surface area contributed by atoms with Crippen LogP contribution in [0.1, 0.15) is 6.92 Å². The Kier molecular flexibility index (Phi) is 1.39. The van der Waals surface area contributed by atoms with Crippen LogP contribution in [0.5, 0.6) is 0 Å². The van der Waals surface area contributed by atoms with Gasteiger partial charge in [-0.1, -0.05) is 0 Å². The van der Waals surface area contributed by atoms with Crippen molar-refractivity contribution in [1.29, 1.82) is 0 Å². The van der Waals surface area contributed by atoms with Crippen molar-refractivity contribution in [1.82, 2.24) is 19.6 Å². The molecule has 0 atom stereocenters. The van der Waals surface area contributed by atoms with E-state index < -0.39 is 0 Å². The summed E-state index contributed by atoms with van der Waals surface area (Å²) in [6.45, 7) is 2.43. The van der Waals surface area contributed by atoms with E-state index in [1.165, 1.54) is 4.96 Å². The van der Waals surface area contributed by atoms with E-state index in [0.717, 1.165) is 5.52 Å². The van der Waals surface area contributed by atoms with E-state index in [-0.39, 0.29) is 0 Å². The number of imidazole rings is 1. The fraction of sp³-hybridized carbons (Fsp3) is 0.333. The maximum absolute atomic E-state index is 5.54. The Balaban J connectivity index is 2.55. The van der Waals surface area contributed by atoms with Crippen LogP contribution in [-0.2, 0) is 0 Å². The molecule has 2 aromatic heterocycles. The van der Waals surface area contributed by atoms with E-state index in [1.54, 1.807) is 17.0 Å². The van der Waals surface area contributed by atoms with Crippen LogP contribution in [0.15, 0.2) is 12.5 Å². The van der Waals surface area contributed by atoms with Crippen LogP contribution in [0.4, 0.5) is 5.82 Å². The molecule has 6 heteroatoms. The molecule has 12 heavy (non-hydrogen) atoms. The van der Waals surface area contributed by atoms with Crippen molar-refractivity contribution in [2.75, 3.05) is 12.3 Å². The molecular weight excluding hydrogens is 158 g/mol. The lowest BCUT2D eigenvalue weighted by Crippen LogP contribution is -2.16. The summed E-state index contributed by atoms with van der Waals surface area (Å²) < 4.78 is 1.64. The SMILES string of the molecule is CCOn1ncc2c(N)ncn21. The second kappa shape index (κ2) is 2.40. The molecule has 0 spiro atoms. The molecule has 0 saturated heterocycles. The number of fused-ring (bicyclic) bond motifs is 1. The van der Waals surface area contributed by atoms with Gasteiger partial charge in [-0.3, -0.25) is 0 Å². The van der Waals surface area contributed by atoms with Crippen molar-refractivity contribution < 1.29 is 4.84 Å². The highest BCUT2D eigenvalue weighted by Gasteiger charge is 2.05. The lowest BCUT2D eigenvalue weighted by molar-refractivity contribution is 0.0535. The van der Waals surface area contributed by atoms with Gasteiger partial charge in [0.2, 0.25) is 0 Å². The summed E-state index contributed by atoms with van der Waals surface area (Å²) in [5.41, 5.74) is 6.30. The number of nitrogens with zero attached hydrogens (tertiary/aromatic N) is 4. The van der Waals surface area contributed by atoms with E-state index >= 15 is 0 Å². The minimum atomic E-state index is 0.459. The summed E-state index contributed by atoms with van der Waals surface area (Å²) in [6.07, 6.45) is 3.17. The molecule has 2 rings (SSSR count). The fourth-order valence-electron chi connectivity index (χ4n) is 0.995. The average Bonchev–Trinajstić information content (AvgIpc) is 2.58. The Morgan fingerprint density at radius 1 is 1.67 bits per heavy atom. The monoisotopic (exact) mass is 167 g/mol. The first kappa shape index (κ1) is 6.96. The van der Waals surface area contributed by atoms with Crippen molar-refractivity contribution in [3.63, 3.8) is 0 Å². The van der Waals surface area contributed by atoms with Gasteiger partial charge in [0.25, 0.3) is 0 Å². The van der Waals surface area contributed by atoms with Crippen molar-refractivity contribution >= 4 is 11.3 Å². The van der Waals surface area contributed by atoms with Crippen molar-refractivity contribution in [2.24, 2.45) is 0 Å². The van der Waals surface area contributed by atoms with Gasteiger partial charge in [0.05, 0.1) is 6.20 Å². The van der Waals surface area contributed by atoms with Gasteiger partial charge in [0.1, 0.15) is 18.5 Å². The third-order valence-corrected chi connectivity index (χ3v) is 1.52. The van der Waals surface area contributed by atoms with Crippen LogP contribution in [-0.4, -0.2) is 26.2 Å². The van der Waals surface area contributed by atoms with Crippen molar-refractivity contribution in [2.45, 2.75) is 6.92 Å². The normalized spacial score (nSPS) is 10.8. The van der Waals surface area contributed by atoms with Crippen LogP contribution in [0.2, 0.25) is 0 Å². The molecule has 2 aromatic rings. The van der Waals surface area contributed by atoms with Gasteiger partial charge in [0.15, 0.2) is 5.82 Å². The van der Waals surface area contributed by atoms with Gasteiger partial charge in [-0.25, -0.2) is 4.98 Å². The standard InChI is InChI=1S/C6H9N5O/c1-2-12-11-9-3-5-6(7)8-4-10(5)11/h3-4H,2,7H2,1H3. The van der Waals surface area contributed by atoms with Gasteiger partial charge in [-0.2, -0.15) is 4.52 Å². The van der Waals surface area contributed by atoms with Crippen LogP contribution >= 0.6 is 0 Å². The number of nitrogens with two attached hydrogens (primary N) is 1. The minimum Gasteiger partial charge on any atom is -0.383 e. The molecule has 0 amide bonds. The summed E-state index contributed by atoms with van der Waals surface area (Å²) in [6, 6.07) is 0. The molecule has 0 fully saturated rings. The fourth-order valence-corrected chi connectivity index (χ4v) is 0.995. The van der Waals surface area contributed by atoms with E-state index in [9.17, 15) is 0 Å². The summed E-state index contributed by atoms with van der Waals surface area (Å²) in [7, 11) is 0. The predicted octanol–water partition coefficient (Wildman–Crippen LogP) is -0.439. The van der Waals surface area contributed by atoms with Crippen LogP contribution < -0.4 is 10.6 Å². The zero-order valence-corrected chi connectivity index (χ0v) is 6.64. The van der Waals surface area contributed by atoms with E-state index in [4.69, 9.17) is 10.6 Å². The summed E-state index contributed by atoms with van der Waals surface area (Å²) >= 11 is 0. The summed E-state index contributed by atoms with van der Waals surface area (Å²) in [5.74, 6) is 0.459. The Morgan fingerprint density at radius 2 is 2.50 bits per heavy atom. The van der Waals surface area contributed by atoms with Crippen LogP contribution in [0, 0.1) is 0 Å². The molecule has 0 aliphatic heterocycles. The summed E-state index contributed by atoms with van der Waals surface area (Å²) in [4.78, 5) is 10.4. The molecule has 2 N–H and O–H groups in total. The van der Waals surface area contributed by atoms with Gasteiger partial charge in [0, 0.05) is 0 Å². The van der Waals surface area contributed by atoms with E-state index in [0.29, 0.717) is 12.4 Å². The topological polar surface area (TPSA) is 70.4 Å². The van der Waals surface area contributed by atoms with E-state index in [1.807, 2.05) is 6.92 Å². The molecule has 0 bridgehead atoms. The highest BCUT2D eigenvalue weighted by molar-refractivity contribution is 5.63. The van der Waals surface area contributed by atoms with Gasteiger partial charge in [-0.15, -0.1) is 5.10 Å². The molecule has 0 aromatic carbocycles. The number of hydrogen-bond acceptors (Lipinski definition) is 4. The highest BCUT2D eigenvalue weighted by atomic mass is 16.7. The lowest BCUT2D eigenvalue weighted by Gasteiger charge is -2.00. The second-order valence-electron chi connectivity index (χ2n) is 2.27. The predicted molar refractivity (Wildman–Crippen MR) is 42.5 cm³/mol. The number of hydrogen-bond donors (Lipinski definition) is 1. The third kappa shape index (κ3) is 0.810. The zero-order chi connectivity index (χ0) is 8.55. The Bertz CT molecular complexity index is 389. The Morgan fingerprint density at radius 3 is 3.25 bits per heavy atom.